The van der Waals surface area contributed by atoms with Crippen LogP contribution in [0.5, 0.6) is 5.75 Å². The predicted molar refractivity (Wildman–Crippen MR) is 124 cm³/mol. The van der Waals surface area contributed by atoms with E-state index in [1.54, 1.807) is 35.9 Å². The summed E-state index contributed by atoms with van der Waals surface area (Å²) in [5.74, 6) is -3.20. The fourth-order valence-electron chi connectivity index (χ4n) is 4.25. The molecule has 0 aliphatic carbocycles. The second-order valence-electron chi connectivity index (χ2n) is 7.85. The zero-order chi connectivity index (χ0) is 24.0. The van der Waals surface area contributed by atoms with E-state index in [1.165, 1.54) is 0 Å². The second-order valence-corrected chi connectivity index (χ2v) is 7.85. The monoisotopic (exact) mass is 459 g/mol. The Labute approximate surface area is 193 Å². The maximum atomic E-state index is 14.6. The molecule has 0 saturated carbocycles. The van der Waals surface area contributed by atoms with Gasteiger partial charge in [0.2, 0.25) is 5.91 Å². The minimum absolute atomic E-state index is 0.259. The van der Waals surface area contributed by atoms with Crippen molar-refractivity contribution in [2.75, 3.05) is 7.11 Å². The van der Waals surface area contributed by atoms with Crippen molar-refractivity contribution in [2.45, 2.75) is 6.54 Å². The third kappa shape index (κ3) is 3.46. The van der Waals surface area contributed by atoms with Crippen LogP contribution in [-0.4, -0.2) is 17.6 Å². The van der Waals surface area contributed by atoms with Crippen LogP contribution in [0.15, 0.2) is 66.7 Å². The molecule has 1 radical (unpaired) electrons. The number of fused-ring (bicyclic) bond motifs is 3. The summed E-state index contributed by atoms with van der Waals surface area (Å²) in [5.41, 5.74) is 8.20. The van der Waals surface area contributed by atoms with Gasteiger partial charge in [0.25, 0.3) is 0 Å². The number of amides is 1. The van der Waals surface area contributed by atoms with Gasteiger partial charge in [0.15, 0.2) is 11.6 Å². The Morgan fingerprint density at radius 2 is 1.71 bits per heavy atom. The van der Waals surface area contributed by atoms with E-state index in [0.29, 0.717) is 27.6 Å². The summed E-state index contributed by atoms with van der Waals surface area (Å²) in [6.45, 7) is -0.294. The molecule has 0 bridgehead atoms. The molecule has 0 spiro atoms. The number of halogens is 3. The molecular weight excluding hydrogens is 441 g/mol. The number of carbonyl (C=O) groups is 1. The first-order chi connectivity index (χ1) is 16.4. The Morgan fingerprint density at radius 3 is 2.41 bits per heavy atom. The van der Waals surface area contributed by atoms with Crippen molar-refractivity contribution in [3.8, 4) is 16.9 Å². The molecule has 2 N–H and O–H groups in total. The lowest BCUT2D eigenvalue weighted by Gasteiger charge is -2.11. The highest BCUT2D eigenvalue weighted by atomic mass is 19.2. The van der Waals surface area contributed by atoms with Gasteiger partial charge in [0.05, 0.1) is 24.7 Å². The van der Waals surface area contributed by atoms with E-state index >= 15 is 0 Å². The number of aromatic nitrogens is 1. The Balaban J connectivity index is 1.80. The molecule has 0 atom stereocenters. The van der Waals surface area contributed by atoms with Crippen molar-refractivity contribution < 1.29 is 22.7 Å². The van der Waals surface area contributed by atoms with Crippen LogP contribution in [0.4, 0.5) is 13.2 Å². The molecule has 169 valence electrons. The maximum absolute atomic E-state index is 14.6. The molecule has 5 rings (SSSR count). The van der Waals surface area contributed by atoms with Crippen molar-refractivity contribution in [3.05, 3.63) is 101 Å². The van der Waals surface area contributed by atoms with E-state index in [4.69, 9.17) is 10.5 Å². The topological polar surface area (TPSA) is 57.2 Å². The van der Waals surface area contributed by atoms with Crippen LogP contribution in [0.2, 0.25) is 0 Å². The van der Waals surface area contributed by atoms with Crippen molar-refractivity contribution >= 4 is 27.7 Å². The van der Waals surface area contributed by atoms with Gasteiger partial charge < -0.3 is 15.0 Å². The van der Waals surface area contributed by atoms with Crippen molar-refractivity contribution in [3.63, 3.8) is 0 Å². The van der Waals surface area contributed by atoms with E-state index in [-0.39, 0.29) is 12.1 Å². The first-order valence-electron chi connectivity index (χ1n) is 10.4. The van der Waals surface area contributed by atoms with Crippen LogP contribution < -0.4 is 10.5 Å². The van der Waals surface area contributed by atoms with Gasteiger partial charge in [-0.3, -0.25) is 4.79 Å². The number of rotatable bonds is 5. The number of methoxy groups -OCH3 is 1. The summed E-state index contributed by atoms with van der Waals surface area (Å²) in [5, 5.41) is 1.09. The summed E-state index contributed by atoms with van der Waals surface area (Å²) >= 11 is 0. The van der Waals surface area contributed by atoms with Gasteiger partial charge in [-0.1, -0.05) is 18.2 Å². The SMILES string of the molecule is COc1ccc(-c2c[c]c3c4c(C(N)=O)cccc4n(Cc4c(F)ccc(F)c4F)c3c2)cc1. The van der Waals surface area contributed by atoms with E-state index in [2.05, 4.69) is 6.07 Å². The molecule has 7 heteroatoms. The normalized spacial score (nSPS) is 11.3. The van der Waals surface area contributed by atoms with Gasteiger partial charge in [-0.05, 0) is 65.7 Å². The fraction of sp³-hybridized carbons (Fsp3) is 0.0741. The number of carbonyl (C=O) groups excluding carboxylic acids is 1. The predicted octanol–water partition coefficient (Wildman–Crippen LogP) is 5.83. The van der Waals surface area contributed by atoms with Crippen molar-refractivity contribution in [2.24, 2.45) is 5.73 Å². The third-order valence-electron chi connectivity index (χ3n) is 5.94. The van der Waals surface area contributed by atoms with Gasteiger partial charge >= 0.3 is 0 Å². The van der Waals surface area contributed by atoms with Crippen LogP contribution in [0, 0.1) is 23.5 Å². The molecule has 0 fully saturated rings. The molecule has 0 unspecified atom stereocenters. The molecule has 4 aromatic carbocycles. The number of ether oxygens (including phenoxy) is 1. The average Bonchev–Trinajstić information content (AvgIpc) is 3.17. The summed E-state index contributed by atoms with van der Waals surface area (Å²) in [4.78, 5) is 12.1. The standard InChI is InChI=1S/C27H18F3N2O2/c1-34-17-8-5-15(6-9-17)16-7-10-18-24(13-16)32(14-20-21(28)11-12-22(29)26(20)30)23-4-2-3-19(25(18)23)27(31)33/h2-9,11-13H,14H2,1H3,(H2,31,33). The Morgan fingerprint density at radius 1 is 0.971 bits per heavy atom. The summed E-state index contributed by atoms with van der Waals surface area (Å²) in [6, 6.07) is 20.8. The smallest absolute Gasteiger partial charge is 0.249 e. The molecule has 5 aromatic rings. The number of nitrogens with zero attached hydrogens (tertiary/aromatic N) is 1. The lowest BCUT2D eigenvalue weighted by molar-refractivity contribution is 0.100. The van der Waals surface area contributed by atoms with E-state index in [9.17, 15) is 18.0 Å². The second kappa shape index (κ2) is 8.26. The van der Waals surface area contributed by atoms with Gasteiger partial charge in [-0.2, -0.15) is 0 Å². The highest BCUT2D eigenvalue weighted by molar-refractivity contribution is 6.18. The van der Waals surface area contributed by atoms with Crippen LogP contribution in [0.1, 0.15) is 15.9 Å². The average molecular weight is 459 g/mol. The van der Waals surface area contributed by atoms with Gasteiger partial charge in [-0.15, -0.1) is 0 Å². The van der Waals surface area contributed by atoms with Gasteiger partial charge in [0.1, 0.15) is 11.6 Å². The first-order valence-corrected chi connectivity index (χ1v) is 10.4. The number of nitrogens with two attached hydrogens (primary N) is 1. The number of primary amides is 1. The molecule has 1 heterocycles. The Hall–Kier alpha value is -4.26. The van der Waals surface area contributed by atoms with Gasteiger partial charge in [0, 0.05) is 21.9 Å². The zero-order valence-electron chi connectivity index (χ0n) is 18.0. The third-order valence-corrected chi connectivity index (χ3v) is 5.94. The lowest BCUT2D eigenvalue weighted by Crippen LogP contribution is -2.11. The molecule has 1 amide bonds. The molecule has 0 aliphatic heterocycles. The van der Waals surface area contributed by atoms with Crippen LogP contribution in [0.3, 0.4) is 0 Å². The molecular formula is C27H18F3N2O2. The minimum Gasteiger partial charge on any atom is -0.497 e. The van der Waals surface area contributed by atoms with E-state index in [0.717, 1.165) is 23.3 Å². The van der Waals surface area contributed by atoms with E-state index < -0.39 is 28.9 Å². The zero-order valence-corrected chi connectivity index (χ0v) is 18.0. The highest BCUT2D eigenvalue weighted by Crippen LogP contribution is 2.35. The maximum Gasteiger partial charge on any atom is 0.249 e. The Kier molecular flexibility index (Phi) is 5.24. The van der Waals surface area contributed by atoms with Gasteiger partial charge in [-0.25, -0.2) is 13.2 Å². The number of hydrogen-bond donors (Lipinski definition) is 1. The van der Waals surface area contributed by atoms with Crippen LogP contribution >= 0.6 is 0 Å². The van der Waals surface area contributed by atoms with Crippen molar-refractivity contribution in [1.29, 1.82) is 0 Å². The van der Waals surface area contributed by atoms with Crippen LogP contribution in [0.25, 0.3) is 32.9 Å². The quantitative estimate of drug-likeness (QED) is 0.336. The highest BCUT2D eigenvalue weighted by Gasteiger charge is 2.21. The lowest BCUT2D eigenvalue weighted by atomic mass is 10.0. The number of hydrogen-bond acceptors (Lipinski definition) is 2. The summed E-state index contributed by atoms with van der Waals surface area (Å²) in [6.07, 6.45) is 0. The van der Waals surface area contributed by atoms with E-state index in [1.807, 2.05) is 30.3 Å². The molecule has 1 aromatic heterocycles. The summed E-state index contributed by atoms with van der Waals surface area (Å²) in [7, 11) is 1.58. The molecule has 0 aliphatic rings. The molecule has 0 saturated heterocycles. The Bertz CT molecular complexity index is 1570. The molecule has 34 heavy (non-hydrogen) atoms. The minimum atomic E-state index is -1.25. The van der Waals surface area contributed by atoms with Crippen molar-refractivity contribution in [1.82, 2.24) is 4.57 Å². The van der Waals surface area contributed by atoms with Crippen LogP contribution in [-0.2, 0) is 6.54 Å². The largest absolute Gasteiger partial charge is 0.497 e. The first kappa shape index (κ1) is 21.6. The molecule has 4 nitrogen and oxygen atoms in total. The fourth-order valence-corrected chi connectivity index (χ4v) is 4.25. The summed E-state index contributed by atoms with van der Waals surface area (Å²) < 4.78 is 49.8. The number of benzene rings is 4.